The van der Waals surface area contributed by atoms with Gasteiger partial charge in [-0.05, 0) is 6.42 Å². The summed E-state index contributed by atoms with van der Waals surface area (Å²) in [6.45, 7) is 2.22. The van der Waals surface area contributed by atoms with E-state index in [-0.39, 0.29) is 71.0 Å². The third-order valence-electron chi connectivity index (χ3n) is 4.25. The van der Waals surface area contributed by atoms with E-state index >= 15 is 0 Å². The first-order chi connectivity index (χ1) is 12.0. The van der Waals surface area contributed by atoms with E-state index in [1.165, 1.54) is 51.4 Å². The number of carbonyl (C=O) groups is 3. The Bertz CT molecular complexity index is 397. The Morgan fingerprint density at radius 1 is 0.750 bits per heavy atom. The Balaban J connectivity index is -0.000000960. The molecule has 0 aromatic carbocycles. The van der Waals surface area contributed by atoms with Crippen molar-refractivity contribution in [2.24, 2.45) is 0 Å². The molecule has 0 saturated carbocycles. The van der Waals surface area contributed by atoms with E-state index in [4.69, 9.17) is 0 Å². The van der Waals surface area contributed by atoms with Crippen LogP contribution in [-0.2, 0) is 14.4 Å². The summed E-state index contributed by atoms with van der Waals surface area (Å²) in [5.41, 5.74) is 0. The minimum atomic E-state index is -1.60. The Labute approximate surface area is 213 Å². The average Bonchev–Trinajstić information content (AvgIpc) is 2.54. The molecule has 9 heteroatoms. The molecule has 1 amide bonds. The normalized spacial score (nSPS) is 10.6. The summed E-state index contributed by atoms with van der Waals surface area (Å²) in [4.78, 5) is 32.7. The largest absolute Gasteiger partial charge is 1.00 e. The summed E-state index contributed by atoms with van der Waals surface area (Å²) in [6, 6.07) is -1.52. The van der Waals surface area contributed by atoms with Crippen LogP contribution < -0.4 is 74.6 Å². The van der Waals surface area contributed by atoms with Gasteiger partial charge in [-0.15, -0.1) is 0 Å². The predicted octanol–water partition coefficient (Wildman–Crippen LogP) is -5.36. The van der Waals surface area contributed by atoms with E-state index in [9.17, 15) is 24.6 Å². The number of rotatable bonds is 17. The van der Waals surface area contributed by atoms with Crippen LogP contribution in [0.4, 0.5) is 0 Å². The first-order valence-corrected chi connectivity index (χ1v) is 9.67. The Hall–Kier alpha value is 0.370. The molecule has 0 spiro atoms. The quantitative estimate of drug-likeness (QED) is 0.185. The molecule has 0 radical (unpaired) electrons. The minimum Gasteiger partial charge on any atom is -0.550 e. The third kappa shape index (κ3) is 24.4. The van der Waals surface area contributed by atoms with Crippen LogP contribution in [0.1, 0.15) is 96.8 Å². The van der Waals surface area contributed by atoms with E-state index in [0.29, 0.717) is 6.42 Å². The van der Waals surface area contributed by atoms with Crippen LogP contribution in [0.5, 0.6) is 0 Å². The fourth-order valence-electron chi connectivity index (χ4n) is 2.75. The van der Waals surface area contributed by atoms with Gasteiger partial charge in [0.1, 0.15) is 0 Å². The molecule has 28 heavy (non-hydrogen) atoms. The molecule has 0 aliphatic carbocycles. The maximum atomic E-state index is 11.6. The van der Waals surface area contributed by atoms with Gasteiger partial charge in [-0.2, -0.15) is 0 Å². The predicted molar refractivity (Wildman–Crippen MR) is 95.9 cm³/mol. The second-order valence-corrected chi connectivity index (χ2v) is 6.65. The molecule has 0 heterocycles. The Morgan fingerprint density at radius 2 is 1.14 bits per heavy atom. The Kier molecular flexibility index (Phi) is 32.5. The fourth-order valence-corrected chi connectivity index (χ4v) is 2.75. The number of unbranched alkanes of at least 4 members (excludes halogenated alkanes) is 11. The van der Waals surface area contributed by atoms with Crippen molar-refractivity contribution >= 4 is 17.8 Å². The molecule has 0 unspecified atom stereocenters. The van der Waals surface area contributed by atoms with E-state index < -0.39 is 30.3 Å². The van der Waals surface area contributed by atoms with Crippen LogP contribution in [-0.4, -0.2) is 29.4 Å². The van der Waals surface area contributed by atoms with Crippen LogP contribution in [0.25, 0.3) is 0 Å². The zero-order valence-electron chi connectivity index (χ0n) is 18.0. The molecule has 154 valence electrons. The maximum absolute atomic E-state index is 11.6. The number of hydrogen-bond donors (Lipinski definition) is 1. The average molecular weight is 419 g/mol. The third-order valence-corrected chi connectivity index (χ3v) is 4.25. The van der Waals surface area contributed by atoms with Crippen LogP contribution >= 0.6 is 0 Å². The maximum Gasteiger partial charge on any atom is 1.00 e. The van der Waals surface area contributed by atoms with E-state index in [2.05, 4.69) is 12.2 Å². The van der Waals surface area contributed by atoms with Crippen molar-refractivity contribution in [2.45, 2.75) is 103 Å². The molecule has 7 nitrogen and oxygen atoms in total. The van der Waals surface area contributed by atoms with Crippen LogP contribution in [0, 0.1) is 0 Å². The summed E-state index contributed by atoms with van der Waals surface area (Å²) in [5.74, 6) is -3.59. The molecule has 3 N–H and O–H groups in total. The van der Waals surface area contributed by atoms with Gasteiger partial charge in [0, 0.05) is 18.8 Å². The molecule has 1 atom stereocenters. The van der Waals surface area contributed by atoms with Gasteiger partial charge >= 0.3 is 59.1 Å². The summed E-state index contributed by atoms with van der Waals surface area (Å²) in [5, 5.41) is 23.3. The van der Waals surface area contributed by atoms with Gasteiger partial charge in [0.25, 0.3) is 0 Å². The van der Waals surface area contributed by atoms with Crippen molar-refractivity contribution in [3.63, 3.8) is 0 Å². The van der Waals surface area contributed by atoms with E-state index in [0.717, 1.165) is 19.3 Å². The van der Waals surface area contributed by atoms with Crippen molar-refractivity contribution < 1.29 is 89.2 Å². The van der Waals surface area contributed by atoms with Gasteiger partial charge in [0.15, 0.2) is 0 Å². The first kappa shape index (κ1) is 35.8. The molecule has 0 fully saturated rings. The smallest absolute Gasteiger partial charge is 0.550 e. The molecule has 0 saturated heterocycles. The number of carboxylic acid groups (broad SMARTS) is 2. The number of carboxylic acids is 2. The molecule has 0 aromatic rings. The van der Waals surface area contributed by atoms with Crippen LogP contribution in [0.15, 0.2) is 0 Å². The Morgan fingerprint density at radius 3 is 1.50 bits per heavy atom. The van der Waals surface area contributed by atoms with Crippen LogP contribution in [0.3, 0.4) is 0 Å². The second kappa shape index (κ2) is 25.4. The number of amides is 1. The van der Waals surface area contributed by atoms with E-state index in [1.54, 1.807) is 0 Å². The zero-order valence-corrected chi connectivity index (χ0v) is 22.0. The molecule has 0 rings (SSSR count). The molecule has 0 aromatic heterocycles. The number of hydrogen-bond acceptors (Lipinski definition) is 5. The van der Waals surface area contributed by atoms with Gasteiger partial charge in [0.2, 0.25) is 5.91 Å². The number of aliphatic carboxylic acids is 2. The molecular weight excluding hydrogens is 384 g/mol. The van der Waals surface area contributed by atoms with Gasteiger partial charge in [0.05, 0.1) is 12.0 Å². The molecular formula is C19H35NNa2O6. The minimum absolute atomic E-state index is 0. The SMILES string of the molecule is CCCCCCCCCCCCCCC(=O)N[C@@H](CC(=O)[O-])C(=O)[O-].O.[Na+].[Na+]. The second-order valence-electron chi connectivity index (χ2n) is 6.65. The van der Waals surface area contributed by atoms with Crippen molar-refractivity contribution in [2.75, 3.05) is 0 Å². The molecule has 0 bridgehead atoms. The molecule has 0 aliphatic heterocycles. The fraction of sp³-hybridized carbons (Fsp3) is 0.842. The van der Waals surface area contributed by atoms with Gasteiger partial charge < -0.3 is 30.6 Å². The monoisotopic (exact) mass is 419 g/mol. The van der Waals surface area contributed by atoms with Crippen molar-refractivity contribution in [1.82, 2.24) is 5.32 Å². The number of carbonyl (C=O) groups excluding carboxylic acids is 3. The van der Waals surface area contributed by atoms with Gasteiger partial charge in [-0.1, -0.05) is 77.6 Å². The van der Waals surface area contributed by atoms with Crippen molar-refractivity contribution in [3.8, 4) is 0 Å². The van der Waals surface area contributed by atoms with E-state index in [1.807, 2.05) is 0 Å². The standard InChI is InChI=1S/C19H35NO5.2Na.H2O/c1-2-3-4-5-6-7-8-9-10-11-12-13-14-17(21)20-16(19(24)25)15-18(22)23;;;/h16H,2-15H2,1H3,(H,20,21)(H,22,23)(H,24,25);;;1H2/q;2*+1;/p-2/t16-;;;/m0.../s1. The molecule has 0 aliphatic rings. The summed E-state index contributed by atoms with van der Waals surface area (Å²) < 4.78 is 0. The number of nitrogens with one attached hydrogen (secondary N) is 1. The van der Waals surface area contributed by atoms with Crippen molar-refractivity contribution in [3.05, 3.63) is 0 Å². The van der Waals surface area contributed by atoms with Gasteiger partial charge in [-0.3, -0.25) is 4.79 Å². The topological polar surface area (TPSA) is 141 Å². The summed E-state index contributed by atoms with van der Waals surface area (Å²) >= 11 is 0. The zero-order chi connectivity index (χ0) is 18.9. The first-order valence-electron chi connectivity index (χ1n) is 9.67. The van der Waals surface area contributed by atoms with Gasteiger partial charge in [-0.25, -0.2) is 0 Å². The van der Waals surface area contributed by atoms with Crippen LogP contribution in [0.2, 0.25) is 0 Å². The van der Waals surface area contributed by atoms with Crippen molar-refractivity contribution in [1.29, 1.82) is 0 Å². The summed E-state index contributed by atoms with van der Waals surface area (Å²) in [6.07, 6.45) is 13.7. The summed E-state index contributed by atoms with van der Waals surface area (Å²) in [7, 11) is 0.